The third-order valence-corrected chi connectivity index (χ3v) is 3.10. The van der Waals surface area contributed by atoms with Crippen molar-refractivity contribution in [2.45, 2.75) is 19.3 Å². The quantitative estimate of drug-likeness (QED) is 0.790. The van der Waals surface area contributed by atoms with Crippen molar-refractivity contribution in [1.82, 2.24) is 15.0 Å². The Hall–Kier alpha value is -1.06. The number of rotatable bonds is 3. The molecule has 5 heteroatoms. The molecule has 0 bridgehead atoms. The van der Waals surface area contributed by atoms with Gasteiger partial charge in [0, 0.05) is 5.02 Å². The second kappa shape index (κ2) is 4.85. The molecule has 0 aliphatic rings. The molecule has 1 aromatic heterocycles. The maximum absolute atomic E-state index is 6.08. The predicted molar refractivity (Wildman–Crippen MR) is 64.9 cm³/mol. The molecule has 0 radical (unpaired) electrons. The number of hydrogen-bond donors (Lipinski definition) is 0. The number of nitrogens with zero attached hydrogens (tertiary/aromatic N) is 3. The molecule has 0 fully saturated rings. The van der Waals surface area contributed by atoms with Crippen LogP contribution in [-0.2, 0) is 12.4 Å². The Labute approximate surface area is 104 Å². The highest BCUT2D eigenvalue weighted by molar-refractivity contribution is 6.31. The van der Waals surface area contributed by atoms with Gasteiger partial charge in [-0.2, -0.15) is 0 Å². The minimum Gasteiger partial charge on any atom is -0.245 e. The lowest BCUT2D eigenvalue weighted by molar-refractivity contribution is 0.633. The number of alkyl halides is 1. The van der Waals surface area contributed by atoms with Crippen LogP contribution in [0.5, 0.6) is 0 Å². The van der Waals surface area contributed by atoms with Crippen molar-refractivity contribution in [3.05, 3.63) is 46.2 Å². The van der Waals surface area contributed by atoms with E-state index in [0.29, 0.717) is 12.4 Å². The molecule has 0 N–H and O–H groups in total. The van der Waals surface area contributed by atoms with Crippen LogP contribution in [0.3, 0.4) is 0 Å². The standard InChI is InChI=1S/C11H11Cl2N3/c1-8-11(6-12)14-15-16(8)7-9-4-2-3-5-10(9)13/h2-5H,6-7H2,1H3. The maximum Gasteiger partial charge on any atom is 0.100 e. The summed E-state index contributed by atoms with van der Waals surface area (Å²) in [6.45, 7) is 2.57. The van der Waals surface area contributed by atoms with Crippen LogP contribution >= 0.6 is 23.2 Å². The molecule has 0 spiro atoms. The van der Waals surface area contributed by atoms with Gasteiger partial charge in [0.15, 0.2) is 0 Å². The summed E-state index contributed by atoms with van der Waals surface area (Å²) in [5.41, 5.74) is 2.82. The molecule has 2 aromatic rings. The van der Waals surface area contributed by atoms with Gasteiger partial charge in [0.2, 0.25) is 0 Å². The maximum atomic E-state index is 6.08. The Kier molecular flexibility index (Phi) is 3.46. The Morgan fingerprint density at radius 3 is 2.69 bits per heavy atom. The molecule has 3 nitrogen and oxygen atoms in total. The van der Waals surface area contributed by atoms with Crippen molar-refractivity contribution < 1.29 is 0 Å². The van der Waals surface area contributed by atoms with E-state index in [2.05, 4.69) is 10.3 Å². The summed E-state index contributed by atoms with van der Waals surface area (Å²) in [5, 5.41) is 8.79. The van der Waals surface area contributed by atoms with E-state index in [1.54, 1.807) is 4.68 Å². The van der Waals surface area contributed by atoms with Crippen molar-refractivity contribution in [3.8, 4) is 0 Å². The van der Waals surface area contributed by atoms with Gasteiger partial charge in [0.05, 0.1) is 18.1 Å². The summed E-state index contributed by atoms with van der Waals surface area (Å²) in [7, 11) is 0. The summed E-state index contributed by atoms with van der Waals surface area (Å²) in [6, 6.07) is 7.70. The highest BCUT2D eigenvalue weighted by atomic mass is 35.5. The Morgan fingerprint density at radius 1 is 1.31 bits per heavy atom. The van der Waals surface area contributed by atoms with Crippen LogP contribution in [0, 0.1) is 6.92 Å². The van der Waals surface area contributed by atoms with Gasteiger partial charge in [-0.25, -0.2) is 4.68 Å². The molecule has 2 rings (SSSR count). The lowest BCUT2D eigenvalue weighted by Crippen LogP contribution is -2.04. The molecule has 0 aliphatic heterocycles. The molecule has 0 aliphatic carbocycles. The largest absolute Gasteiger partial charge is 0.245 e. The fourth-order valence-corrected chi connectivity index (χ4v) is 1.90. The summed E-state index contributed by atoms with van der Waals surface area (Å²) in [4.78, 5) is 0. The lowest BCUT2D eigenvalue weighted by Gasteiger charge is -2.05. The Bertz CT molecular complexity index is 494. The van der Waals surface area contributed by atoms with E-state index >= 15 is 0 Å². The van der Waals surface area contributed by atoms with Crippen LogP contribution in [0.15, 0.2) is 24.3 Å². The van der Waals surface area contributed by atoms with Crippen LogP contribution in [-0.4, -0.2) is 15.0 Å². The number of halogens is 2. The van der Waals surface area contributed by atoms with Gasteiger partial charge in [-0.05, 0) is 18.6 Å². The number of benzene rings is 1. The average Bonchev–Trinajstić information content (AvgIpc) is 2.63. The molecule has 16 heavy (non-hydrogen) atoms. The van der Waals surface area contributed by atoms with Gasteiger partial charge in [-0.1, -0.05) is 35.0 Å². The van der Waals surface area contributed by atoms with Crippen LogP contribution in [0.2, 0.25) is 5.02 Å². The molecule has 0 saturated heterocycles. The van der Waals surface area contributed by atoms with Crippen molar-refractivity contribution in [2.75, 3.05) is 0 Å². The number of aromatic nitrogens is 3. The highest BCUT2D eigenvalue weighted by Gasteiger charge is 2.08. The molecule has 0 atom stereocenters. The first-order valence-corrected chi connectivity index (χ1v) is 5.82. The van der Waals surface area contributed by atoms with Crippen molar-refractivity contribution >= 4 is 23.2 Å². The molecular formula is C11H11Cl2N3. The zero-order valence-electron chi connectivity index (χ0n) is 8.82. The first-order chi connectivity index (χ1) is 7.72. The summed E-state index contributed by atoms with van der Waals surface area (Å²) in [5.74, 6) is 0.383. The van der Waals surface area contributed by atoms with Crippen LogP contribution in [0.1, 0.15) is 17.0 Å². The van der Waals surface area contributed by atoms with Gasteiger partial charge in [0.25, 0.3) is 0 Å². The SMILES string of the molecule is Cc1c(CCl)nnn1Cc1ccccc1Cl. The van der Waals surface area contributed by atoms with E-state index in [1.807, 2.05) is 31.2 Å². The topological polar surface area (TPSA) is 30.7 Å². The minimum absolute atomic E-state index is 0.383. The van der Waals surface area contributed by atoms with Crippen LogP contribution in [0.25, 0.3) is 0 Å². The monoisotopic (exact) mass is 255 g/mol. The second-order valence-corrected chi connectivity index (χ2v) is 4.18. The third kappa shape index (κ3) is 2.20. The normalized spacial score (nSPS) is 10.7. The van der Waals surface area contributed by atoms with E-state index in [-0.39, 0.29) is 0 Å². The first kappa shape index (κ1) is 11.4. The molecular weight excluding hydrogens is 245 g/mol. The average molecular weight is 256 g/mol. The van der Waals surface area contributed by atoms with E-state index in [9.17, 15) is 0 Å². The molecule has 0 unspecified atom stereocenters. The van der Waals surface area contributed by atoms with Crippen molar-refractivity contribution in [2.24, 2.45) is 0 Å². The van der Waals surface area contributed by atoms with Crippen molar-refractivity contribution in [3.63, 3.8) is 0 Å². The van der Waals surface area contributed by atoms with E-state index < -0.39 is 0 Å². The third-order valence-electron chi connectivity index (χ3n) is 2.48. The molecule has 1 heterocycles. The van der Waals surface area contributed by atoms with Gasteiger partial charge in [-0.3, -0.25) is 0 Å². The van der Waals surface area contributed by atoms with Crippen LogP contribution in [0.4, 0.5) is 0 Å². The van der Waals surface area contributed by atoms with Gasteiger partial charge < -0.3 is 0 Å². The summed E-state index contributed by atoms with van der Waals surface area (Å²) < 4.78 is 1.80. The first-order valence-electron chi connectivity index (χ1n) is 4.90. The summed E-state index contributed by atoms with van der Waals surface area (Å²) in [6.07, 6.45) is 0. The molecule has 0 saturated carbocycles. The fraction of sp³-hybridized carbons (Fsp3) is 0.273. The van der Waals surface area contributed by atoms with Crippen LogP contribution < -0.4 is 0 Å². The van der Waals surface area contributed by atoms with Crippen molar-refractivity contribution in [1.29, 1.82) is 0 Å². The van der Waals surface area contributed by atoms with Gasteiger partial charge >= 0.3 is 0 Å². The Balaban J connectivity index is 2.27. The molecule has 84 valence electrons. The minimum atomic E-state index is 0.383. The lowest BCUT2D eigenvalue weighted by atomic mass is 10.2. The number of hydrogen-bond acceptors (Lipinski definition) is 2. The second-order valence-electron chi connectivity index (χ2n) is 3.50. The van der Waals surface area contributed by atoms with E-state index in [0.717, 1.165) is 22.0 Å². The summed E-state index contributed by atoms with van der Waals surface area (Å²) >= 11 is 11.8. The fourth-order valence-electron chi connectivity index (χ4n) is 1.46. The Morgan fingerprint density at radius 2 is 2.06 bits per heavy atom. The highest BCUT2D eigenvalue weighted by Crippen LogP contribution is 2.17. The molecule has 0 amide bonds. The smallest absolute Gasteiger partial charge is 0.100 e. The van der Waals surface area contributed by atoms with Gasteiger partial charge in [-0.15, -0.1) is 16.7 Å². The molecule has 1 aromatic carbocycles. The zero-order valence-corrected chi connectivity index (χ0v) is 10.3. The van der Waals surface area contributed by atoms with E-state index in [4.69, 9.17) is 23.2 Å². The van der Waals surface area contributed by atoms with E-state index in [1.165, 1.54) is 0 Å². The van der Waals surface area contributed by atoms with Gasteiger partial charge in [0.1, 0.15) is 5.69 Å². The predicted octanol–water partition coefficient (Wildman–Crippen LogP) is 3.03. The zero-order chi connectivity index (χ0) is 11.5.